The van der Waals surface area contributed by atoms with E-state index in [2.05, 4.69) is 40.9 Å². The Labute approximate surface area is 166 Å². The molecule has 0 amide bonds. The number of fused-ring (bicyclic) bond motifs is 6. The van der Waals surface area contributed by atoms with E-state index in [-0.39, 0.29) is 20.1 Å². The van der Waals surface area contributed by atoms with E-state index in [9.17, 15) is 0 Å². The molecule has 1 radical (unpaired) electrons. The van der Waals surface area contributed by atoms with Crippen LogP contribution in [0.2, 0.25) is 0 Å². The smallest absolute Gasteiger partial charge is 0.116 e. The number of hydrogen-bond acceptors (Lipinski definition) is 1. The maximum Gasteiger partial charge on any atom is 0.116 e. The molecule has 131 valence electrons. The summed E-state index contributed by atoms with van der Waals surface area (Å²) in [5, 5.41) is 2.91. The van der Waals surface area contributed by atoms with Crippen LogP contribution in [0.15, 0.2) is 48.6 Å². The van der Waals surface area contributed by atoms with Crippen molar-refractivity contribution < 1.29 is 20.1 Å². The van der Waals surface area contributed by atoms with Gasteiger partial charge in [-0.1, -0.05) is 42.7 Å². The Morgan fingerprint density at radius 1 is 1.31 bits per heavy atom. The first kappa shape index (κ1) is 18.3. The fourth-order valence-corrected chi connectivity index (χ4v) is 3.47. The molecule has 0 bridgehead atoms. The van der Waals surface area contributed by atoms with Gasteiger partial charge in [-0.05, 0) is 24.8 Å². The summed E-state index contributed by atoms with van der Waals surface area (Å²) in [4.78, 5) is 8.57. The van der Waals surface area contributed by atoms with Crippen molar-refractivity contribution in [1.29, 1.82) is 0 Å². The van der Waals surface area contributed by atoms with Crippen molar-refractivity contribution in [3.63, 3.8) is 0 Å². The summed E-state index contributed by atoms with van der Waals surface area (Å²) in [6.45, 7) is 15.9. The molecule has 4 heteroatoms. The van der Waals surface area contributed by atoms with Crippen LogP contribution in [0.1, 0.15) is 24.7 Å². The average molecular weight is 517 g/mol. The van der Waals surface area contributed by atoms with E-state index in [1.807, 2.05) is 31.2 Å². The van der Waals surface area contributed by atoms with Gasteiger partial charge in [-0.3, -0.25) is 9.83 Å². The second-order valence-corrected chi connectivity index (χ2v) is 6.33. The van der Waals surface area contributed by atoms with Crippen LogP contribution in [0.3, 0.4) is 0 Å². The largest absolute Gasteiger partial charge is 0.337 e. The first-order valence-corrected chi connectivity index (χ1v) is 8.42. The van der Waals surface area contributed by atoms with Gasteiger partial charge in [0.1, 0.15) is 5.69 Å². The third kappa shape index (κ3) is 2.65. The van der Waals surface area contributed by atoms with Gasteiger partial charge in [0.15, 0.2) is 0 Å². The number of rotatable bonds is 3. The van der Waals surface area contributed by atoms with Crippen molar-refractivity contribution >= 4 is 33.0 Å². The Morgan fingerprint density at radius 3 is 2.81 bits per heavy atom. The zero-order chi connectivity index (χ0) is 17.6. The van der Waals surface area contributed by atoms with Crippen LogP contribution in [-0.4, -0.2) is 9.38 Å². The fourth-order valence-electron chi connectivity index (χ4n) is 3.47. The van der Waals surface area contributed by atoms with Gasteiger partial charge in [-0.15, -0.1) is 17.5 Å². The van der Waals surface area contributed by atoms with Crippen LogP contribution in [0.4, 0.5) is 5.69 Å². The number of allylic oxidation sites excluding steroid dienone is 1. The molecule has 0 fully saturated rings. The van der Waals surface area contributed by atoms with Gasteiger partial charge in [0, 0.05) is 43.4 Å². The topological polar surface area (TPSA) is 21.7 Å². The molecule has 0 aliphatic carbocycles. The minimum Gasteiger partial charge on any atom is -0.337 e. The number of nitrogens with zero attached hydrogens (tertiary/aromatic N) is 3. The molecule has 0 aliphatic heterocycles. The van der Waals surface area contributed by atoms with E-state index < -0.39 is 0 Å². The molecule has 0 N–H and O–H groups in total. The monoisotopic (exact) mass is 517 g/mol. The molecule has 2 heterocycles. The summed E-state index contributed by atoms with van der Waals surface area (Å²) >= 11 is 0. The summed E-state index contributed by atoms with van der Waals surface area (Å²) in [7, 11) is 0. The van der Waals surface area contributed by atoms with E-state index in [1.165, 1.54) is 11.3 Å². The van der Waals surface area contributed by atoms with Gasteiger partial charge in [-0.2, -0.15) is 6.07 Å². The Hall–Kier alpha value is -2.47. The normalized spacial score (nSPS) is 10.8. The van der Waals surface area contributed by atoms with Gasteiger partial charge in [0.25, 0.3) is 0 Å². The predicted molar refractivity (Wildman–Crippen MR) is 103 cm³/mol. The van der Waals surface area contributed by atoms with E-state index in [0.29, 0.717) is 5.69 Å². The first-order chi connectivity index (χ1) is 12.2. The van der Waals surface area contributed by atoms with Crippen molar-refractivity contribution in [2.45, 2.75) is 26.7 Å². The van der Waals surface area contributed by atoms with Crippen LogP contribution >= 0.6 is 0 Å². The predicted octanol–water partition coefficient (Wildman–Crippen LogP) is 5.81. The van der Waals surface area contributed by atoms with Crippen LogP contribution in [-0.2, 0) is 26.5 Å². The summed E-state index contributed by atoms with van der Waals surface area (Å²) < 4.78 is 2.22. The van der Waals surface area contributed by atoms with Gasteiger partial charge in [0.2, 0.25) is 0 Å². The van der Waals surface area contributed by atoms with Crippen molar-refractivity contribution in [1.82, 2.24) is 9.38 Å². The Bertz CT molecular complexity index is 1200. The Kier molecular flexibility index (Phi) is 4.96. The number of aromatic nitrogens is 2. The standard InChI is InChI=1S/C22H18N3.Ir/c1-5-14(2)13-20-15(3)24-22-17-10-8-11-18(23-4)21(17)16-9-6-7-12-19(16)25(20)22;/h6-9,11-12H,2,5,13H2,1,3H3;/q-1;. The third-order valence-corrected chi connectivity index (χ3v) is 4.82. The maximum atomic E-state index is 7.55. The summed E-state index contributed by atoms with van der Waals surface area (Å²) in [6.07, 6.45) is 1.76. The number of aryl methyl sites for hydroxylation is 1. The van der Waals surface area contributed by atoms with Gasteiger partial charge in [0.05, 0.1) is 12.2 Å². The molecule has 26 heavy (non-hydrogen) atoms. The molecule has 0 aliphatic rings. The average Bonchev–Trinajstić information content (AvgIpc) is 2.97. The number of imidazole rings is 1. The second kappa shape index (κ2) is 7.03. The molecule has 4 aromatic rings. The summed E-state index contributed by atoms with van der Waals surface area (Å²) in [5.41, 5.74) is 5.96. The van der Waals surface area contributed by atoms with Crippen LogP contribution in [0.5, 0.6) is 0 Å². The Balaban J connectivity index is 0.00000196. The van der Waals surface area contributed by atoms with E-state index in [4.69, 9.17) is 11.6 Å². The van der Waals surface area contributed by atoms with Gasteiger partial charge >= 0.3 is 0 Å². The molecule has 0 saturated heterocycles. The number of pyridine rings is 1. The van der Waals surface area contributed by atoms with Crippen molar-refractivity contribution in [3.05, 3.63) is 77.4 Å². The molecule has 0 saturated carbocycles. The van der Waals surface area contributed by atoms with E-state index in [1.54, 1.807) is 0 Å². The quantitative estimate of drug-likeness (QED) is 0.191. The molecule has 4 rings (SSSR count). The molecule has 2 aromatic carbocycles. The summed E-state index contributed by atoms with van der Waals surface area (Å²) in [6, 6.07) is 15.2. The first-order valence-electron chi connectivity index (χ1n) is 8.42. The molecule has 0 unspecified atom stereocenters. The molecular formula is C22H18IrN3-. The van der Waals surface area contributed by atoms with Crippen LogP contribution < -0.4 is 0 Å². The zero-order valence-electron chi connectivity index (χ0n) is 14.8. The minimum atomic E-state index is 0. The van der Waals surface area contributed by atoms with Gasteiger partial charge in [-0.25, -0.2) is 0 Å². The molecule has 0 atom stereocenters. The van der Waals surface area contributed by atoms with Crippen LogP contribution in [0.25, 0.3) is 32.2 Å². The van der Waals surface area contributed by atoms with Crippen molar-refractivity contribution in [2.24, 2.45) is 0 Å². The maximum absolute atomic E-state index is 7.55. The summed E-state index contributed by atoms with van der Waals surface area (Å²) in [5.74, 6) is 0. The van der Waals surface area contributed by atoms with Gasteiger partial charge < -0.3 is 4.40 Å². The van der Waals surface area contributed by atoms with E-state index >= 15 is 0 Å². The molecule has 3 nitrogen and oxygen atoms in total. The fraction of sp³-hybridized carbons (Fsp3) is 0.182. The van der Waals surface area contributed by atoms with Crippen molar-refractivity contribution in [2.75, 3.05) is 0 Å². The van der Waals surface area contributed by atoms with E-state index in [0.717, 1.165) is 45.9 Å². The zero-order valence-corrected chi connectivity index (χ0v) is 17.2. The van der Waals surface area contributed by atoms with Crippen LogP contribution in [0, 0.1) is 19.6 Å². The minimum absolute atomic E-state index is 0. The van der Waals surface area contributed by atoms with Crippen molar-refractivity contribution in [3.8, 4) is 0 Å². The third-order valence-electron chi connectivity index (χ3n) is 4.82. The molecule has 2 aromatic heterocycles. The number of benzene rings is 2. The molecular weight excluding hydrogens is 498 g/mol. The second-order valence-electron chi connectivity index (χ2n) is 6.33. The molecule has 0 spiro atoms. The number of hydrogen-bond donors (Lipinski definition) is 0. The number of para-hydroxylation sites is 1. The SMILES string of the molecule is [C-]#[N+]c1cc[c-]c2c1c1ccccc1n1c(CC(=C)CC)c(C)nc21.[Ir]. The Morgan fingerprint density at radius 2 is 2.08 bits per heavy atom.